The summed E-state index contributed by atoms with van der Waals surface area (Å²) in [6.45, 7) is 25.1. The molecule has 693 valence electrons. The number of nitrogens with one attached hydrogen (secondary N) is 3. The molecule has 0 spiro atoms. The van der Waals surface area contributed by atoms with E-state index in [1.165, 1.54) is 14.7 Å². The summed E-state index contributed by atoms with van der Waals surface area (Å²) in [6, 6.07) is 11.7. The molecule has 129 heavy (non-hydrogen) atoms. The van der Waals surface area contributed by atoms with Gasteiger partial charge >= 0.3 is 18.3 Å². The number of ether oxygens (including phenoxy) is 9. The van der Waals surface area contributed by atoms with Crippen LogP contribution in [0.15, 0.2) is 54.6 Å². The van der Waals surface area contributed by atoms with Crippen LogP contribution in [0.25, 0.3) is 33.1 Å². The molecule has 3 N–H and O–H groups in total. The molecule has 6 aliphatic carbocycles. The second-order valence-electron chi connectivity index (χ2n) is 41.1. The van der Waals surface area contributed by atoms with Crippen molar-refractivity contribution in [2.45, 2.75) is 289 Å². The number of aromatic nitrogens is 6. The van der Waals surface area contributed by atoms with E-state index in [0.29, 0.717) is 86.9 Å². The Balaban J connectivity index is 0.000000163. The second kappa shape index (κ2) is 39.3. The summed E-state index contributed by atoms with van der Waals surface area (Å²) < 4.78 is 53.5. The molecule has 33 heteroatoms. The van der Waals surface area contributed by atoms with Gasteiger partial charge in [0.2, 0.25) is 35.4 Å². The molecule has 30 nitrogen and oxygen atoms in total. The van der Waals surface area contributed by atoms with E-state index < -0.39 is 94.7 Å². The van der Waals surface area contributed by atoms with Crippen LogP contribution < -0.4 is 44.4 Å². The van der Waals surface area contributed by atoms with Crippen molar-refractivity contribution in [3.8, 4) is 34.9 Å². The van der Waals surface area contributed by atoms with E-state index in [-0.39, 0.29) is 141 Å². The fraction of sp³-hybridized carbons (Fsp3) is 0.656. The number of amides is 6. The molecule has 6 amide bonds. The minimum atomic E-state index is -0.901. The Morgan fingerprint density at radius 2 is 0.705 bits per heavy atom. The molecule has 6 aliphatic heterocycles. The van der Waals surface area contributed by atoms with Crippen molar-refractivity contribution in [2.75, 3.05) is 41.0 Å². The molecule has 9 heterocycles. The van der Waals surface area contributed by atoms with Crippen molar-refractivity contribution >= 4 is 88.0 Å². The van der Waals surface area contributed by atoms with Crippen molar-refractivity contribution in [3.05, 3.63) is 71.7 Å². The Hall–Kier alpha value is -8.54. The molecule has 9 fully saturated rings. The van der Waals surface area contributed by atoms with Crippen LogP contribution in [0, 0.1) is 69.5 Å². The van der Waals surface area contributed by atoms with Crippen LogP contribution in [0.4, 0.5) is 14.4 Å². The minimum Gasteiger partial charge on any atom is -0.540 e. The standard InChI is InChI=1S/C33H43N4O6.C32H41N4O6.C31H39N4O6.3V/c1-18-25(17-38)37-16-27(18)42-30-28(34-23-13-12-21(41-5)15-24(23)35-30)22-14-20(22)10-6-8-19-9-7-11-26(19)43-32(40)36-29(31(37)39)33(2,3)4;1-17-24(16-37)36-15-25(17)41-28-26(33-22-11-10-20(40-6)13-23(22)34-28)21-12-18(21)8-7-9-19-14-32(19,5)42-30(39)35-27(29(36)38)31(2,3)4;1-16-23(15-36)35-14-25(16)40-28-26(32-21-10-9-19(39-5)13-22(21)33-28)20-11-17(20)7-6-8-18-12-24(18)41-30(38)34-27(29(35)37)31(2,3)4;;;/h12-13,15,18-20,22,25-27,29H,6-11,14,16H2,1-5H3,(H,36,40);10-11,13,17-19,21,24-25,27H,7-9,12,14-15H2,1-6H3,(H,35,39);9-10,13,16-18,20,23-25,27H,6-8,11-12,14H2,1-5H3,(H,34,38);;;/q3*-1;;;/t18-,19+,20?,22?,25+,26+,27-,29+;17-,18?,19+,21?,24+,25-,27+,32+;16-,17?,18+,20?,23+,24+,25-,27+;;;/m000.../s1. The number of rotatable bonds is 6. The van der Waals surface area contributed by atoms with E-state index in [4.69, 9.17) is 72.5 Å². The summed E-state index contributed by atoms with van der Waals surface area (Å²) in [6.07, 6.45) is 19.6. The van der Waals surface area contributed by atoms with E-state index in [0.717, 1.165) is 143 Å². The molecule has 6 aromatic rings. The average Bonchev–Trinajstić information content (AvgIpc) is 1.49. The summed E-state index contributed by atoms with van der Waals surface area (Å²) in [7, 11) is 4.84. The Labute approximate surface area is 791 Å². The van der Waals surface area contributed by atoms with Gasteiger partial charge in [-0.25, -0.2) is 63.1 Å². The van der Waals surface area contributed by atoms with Crippen molar-refractivity contribution in [1.29, 1.82) is 0 Å². The van der Waals surface area contributed by atoms with E-state index in [9.17, 15) is 43.2 Å². The summed E-state index contributed by atoms with van der Waals surface area (Å²) in [5.41, 5.74) is 4.43. The van der Waals surface area contributed by atoms with Crippen LogP contribution in [-0.2, 0) is 98.6 Å². The number of fused-ring (bicyclic) bond motifs is 21. The summed E-state index contributed by atoms with van der Waals surface area (Å²) in [5.74, 6) is 4.41. The van der Waals surface area contributed by atoms with Crippen molar-refractivity contribution in [2.24, 2.45) is 69.5 Å². The third-order valence-corrected chi connectivity index (χ3v) is 29.0. The third kappa shape index (κ3) is 21.3. The zero-order valence-corrected chi connectivity index (χ0v) is 81.0. The van der Waals surface area contributed by atoms with E-state index >= 15 is 0 Å². The van der Waals surface area contributed by atoms with Gasteiger partial charge in [-0.3, -0.25) is 14.4 Å². The van der Waals surface area contributed by atoms with Gasteiger partial charge in [0, 0.05) is 97.5 Å². The summed E-state index contributed by atoms with van der Waals surface area (Å²) in [4.78, 5) is 152. The van der Waals surface area contributed by atoms with Crippen LogP contribution in [-0.4, -0.2) is 213 Å². The number of carbonyl (C=O) groups is 6. The van der Waals surface area contributed by atoms with Gasteiger partial charge in [0.25, 0.3) is 0 Å². The van der Waals surface area contributed by atoms with E-state index in [2.05, 4.69) is 34.8 Å². The Bertz CT molecular complexity index is 5170. The molecule has 6 unspecified atom stereocenters. The van der Waals surface area contributed by atoms with Crippen LogP contribution in [0.1, 0.15) is 234 Å². The topological polar surface area (TPSA) is 360 Å². The molecule has 18 rings (SSSR count). The van der Waals surface area contributed by atoms with Gasteiger partial charge in [0.15, 0.2) is 0 Å². The number of alkyl carbamates (subject to hydrolysis) is 3. The van der Waals surface area contributed by atoms with Gasteiger partial charge in [-0.05, 0) is 197 Å². The normalized spacial score (nSPS) is 33.1. The van der Waals surface area contributed by atoms with E-state index in [1.807, 2.05) is 145 Å². The maximum atomic E-state index is 14.1. The van der Waals surface area contributed by atoms with Crippen LogP contribution in [0.3, 0.4) is 0 Å². The van der Waals surface area contributed by atoms with E-state index in [1.54, 1.807) is 21.3 Å². The predicted molar refractivity (Wildman–Crippen MR) is 465 cm³/mol. The second-order valence-corrected chi connectivity index (χ2v) is 41.1. The van der Waals surface area contributed by atoms with Gasteiger partial charge in [-0.15, -0.1) is 0 Å². The Morgan fingerprint density at radius 1 is 0.388 bits per heavy atom. The number of methoxy groups -OCH3 is 3. The first kappa shape index (κ1) is 98.0. The van der Waals surface area contributed by atoms with Gasteiger partial charge in [-0.2, -0.15) is 0 Å². The molecule has 6 bridgehead atoms. The molecule has 12 aliphatic rings. The number of hydrogen-bond donors (Lipinski definition) is 3. The van der Waals surface area contributed by atoms with Gasteiger partial charge in [0.1, 0.15) is 88.6 Å². The first-order valence-electron chi connectivity index (χ1n) is 45.6. The van der Waals surface area contributed by atoms with Crippen molar-refractivity contribution < 1.29 is 141 Å². The number of benzene rings is 3. The zero-order valence-electron chi connectivity index (χ0n) is 76.8. The molecular weight excluding hydrogens is 1760 g/mol. The largest absolute Gasteiger partial charge is 0.540 e. The Kier molecular flexibility index (Phi) is 29.9. The smallest absolute Gasteiger partial charge is 0.408 e. The monoisotopic (exact) mass is 1880 g/mol. The molecular formula is C96H123N12O18V3-3. The maximum absolute atomic E-state index is 14.1. The quantitative estimate of drug-likeness (QED) is 0.103. The van der Waals surface area contributed by atoms with Gasteiger partial charge < -0.3 is 87.7 Å². The number of carbonyl (C=O) groups excluding carboxylic acids is 9. The fourth-order valence-electron chi connectivity index (χ4n) is 20.5. The number of nitrogens with zero attached hydrogens (tertiary/aromatic N) is 9. The molecule has 3 radical (unpaired) electrons. The minimum absolute atomic E-state index is 0. The molecule has 3 aromatic carbocycles. The summed E-state index contributed by atoms with van der Waals surface area (Å²) >= 11 is 0. The summed E-state index contributed by atoms with van der Waals surface area (Å²) in [5, 5.41) is 8.52. The zero-order chi connectivity index (χ0) is 89.5. The van der Waals surface area contributed by atoms with Crippen molar-refractivity contribution in [3.63, 3.8) is 0 Å². The molecule has 6 saturated carbocycles. The maximum Gasteiger partial charge on any atom is 0.408 e. The Morgan fingerprint density at radius 3 is 1.05 bits per heavy atom. The van der Waals surface area contributed by atoms with Crippen molar-refractivity contribution in [1.82, 2.24) is 60.6 Å². The fourth-order valence-corrected chi connectivity index (χ4v) is 20.5. The first-order chi connectivity index (χ1) is 60.0. The van der Waals surface area contributed by atoms with Crippen LogP contribution >= 0.6 is 0 Å². The van der Waals surface area contributed by atoms with Gasteiger partial charge in [0.05, 0.1) is 74.1 Å². The van der Waals surface area contributed by atoms with Crippen LogP contribution in [0.5, 0.6) is 34.9 Å². The SMILES string of the molecule is COc1ccc2nc3c(nc2c1)O[C@H]1CN(C(=O)[C@H](C(C)(C)C)NC(=O)O[C@@H]2CCC[C@H]2CCCC2CC32)[C@H]([C-]=O)[C@@H]1C.COc1ccc2nc3c(nc2c1)O[C@H]1CN(C(=O)[C@H](C(C)(C)C)NC(=O)O[C@@H]2C[C@H]2CCCC2CC32)[C@H]([C-]=O)[C@@H]1C.COc1ccc2nc3c(nc2c1)O[C@H]1CN(C(=O)[C@H](C(C)(C)C)NC(=O)O[C@]2(C)C[C@H]2CCCC2CC32)[C@H]([C-]=O)[C@@H]1C.[V].[V].[V]. The average molecular weight is 1890 g/mol. The predicted octanol–water partition coefficient (Wildman–Crippen LogP) is 13.6. The molecule has 3 saturated heterocycles. The van der Waals surface area contributed by atoms with Gasteiger partial charge in [-0.1, -0.05) is 120 Å². The number of hydrogen-bond acceptors (Lipinski definition) is 24. The van der Waals surface area contributed by atoms with Crippen LogP contribution in [0.2, 0.25) is 0 Å². The third-order valence-electron chi connectivity index (χ3n) is 29.0. The molecule has 24 atom stereocenters. The molecule has 3 aromatic heterocycles. The first-order valence-corrected chi connectivity index (χ1v) is 45.6.